The van der Waals surface area contributed by atoms with Crippen LogP contribution < -0.4 is 0 Å². The molecular weight excluding hydrogens is 484 g/mol. The average Bonchev–Trinajstić information content (AvgIpc) is 2.19. The van der Waals surface area contributed by atoms with Crippen molar-refractivity contribution in [3.8, 4) is 0 Å². The van der Waals surface area contributed by atoms with Crippen molar-refractivity contribution in [3.05, 3.63) is 11.8 Å². The summed E-state index contributed by atoms with van der Waals surface area (Å²) in [5.74, 6) is 0. The standard InChI is InChI=1S/C6H6N2O.2W/c1-8-3-2-6(5-8)4-7-9;;/h4-5,9H,1H3;;/b7-4+;;. The topological polar surface area (TPSA) is 35.8 Å². The second-order valence-corrected chi connectivity index (χ2v) is 4.93. The number of oxime groups is 1. The van der Waals surface area contributed by atoms with Crippen molar-refractivity contribution in [2.24, 2.45) is 5.16 Å². The molecule has 0 fully saturated rings. The Kier molecular flexibility index (Phi) is 3.09. The molecule has 0 aromatic carbocycles. The third-order valence-electron chi connectivity index (χ3n) is 1.31. The van der Waals surface area contributed by atoms with Crippen LogP contribution in [-0.4, -0.2) is 31.3 Å². The van der Waals surface area contributed by atoms with Crippen LogP contribution in [0.2, 0.25) is 0 Å². The summed E-state index contributed by atoms with van der Waals surface area (Å²) in [6, 6.07) is 0. The van der Waals surface area contributed by atoms with Crippen LogP contribution in [0.4, 0.5) is 0 Å². The van der Waals surface area contributed by atoms with Crippen molar-refractivity contribution in [1.82, 2.24) is 4.90 Å². The molecule has 1 rings (SSSR count). The average molecular weight is 490 g/mol. The van der Waals surface area contributed by atoms with Crippen LogP contribution in [-0.2, 0) is 38.7 Å². The van der Waals surface area contributed by atoms with Crippen molar-refractivity contribution in [2.45, 2.75) is 0 Å². The molecule has 0 aliphatic carbocycles. The maximum absolute atomic E-state index is 8.32. The summed E-state index contributed by atoms with van der Waals surface area (Å²) in [6.45, 7) is 0. The van der Waals surface area contributed by atoms with E-state index in [1.165, 1.54) is 52.8 Å². The first-order valence-corrected chi connectivity index (χ1v) is 5.81. The molecule has 0 saturated heterocycles. The minimum absolute atomic E-state index is 1.02. The molecule has 0 spiro atoms. The van der Waals surface area contributed by atoms with Crippen molar-refractivity contribution >= 4 is 14.1 Å². The third-order valence-corrected chi connectivity index (χ3v) is 6.63. The molecule has 0 saturated carbocycles. The molecule has 5 heteroatoms. The molecule has 0 bridgehead atoms. The van der Waals surface area contributed by atoms with Gasteiger partial charge in [-0.05, 0) is 0 Å². The van der Waals surface area contributed by atoms with Gasteiger partial charge in [0.15, 0.2) is 0 Å². The van der Waals surface area contributed by atoms with E-state index in [0.717, 1.165) is 5.57 Å². The van der Waals surface area contributed by atoms with E-state index < -0.39 is 0 Å². The van der Waals surface area contributed by atoms with Gasteiger partial charge in [-0.1, -0.05) is 0 Å². The van der Waals surface area contributed by atoms with Gasteiger partial charge in [0, 0.05) is 0 Å². The van der Waals surface area contributed by atoms with Crippen LogP contribution in [0.15, 0.2) is 16.9 Å². The van der Waals surface area contributed by atoms with E-state index in [2.05, 4.69) is 10.1 Å². The quantitative estimate of drug-likeness (QED) is 0.311. The fourth-order valence-corrected chi connectivity index (χ4v) is 2.27. The summed E-state index contributed by atoms with van der Waals surface area (Å²) >= 11 is 2.87. The van der Waals surface area contributed by atoms with Crippen LogP contribution in [0.25, 0.3) is 0 Å². The molecule has 0 aromatic rings. The van der Waals surface area contributed by atoms with Crippen molar-refractivity contribution in [3.63, 3.8) is 0 Å². The molecular formula is C6H6N2OW2. The van der Waals surface area contributed by atoms with Gasteiger partial charge in [0.25, 0.3) is 0 Å². The number of rotatable bonds is 1. The Balaban J connectivity index is 2.92. The van der Waals surface area contributed by atoms with Crippen LogP contribution in [0.5, 0.6) is 0 Å². The number of nitrogens with zero attached hydrogens (tertiary/aromatic N) is 2. The third kappa shape index (κ3) is 1.83. The molecule has 1 heterocycles. The Labute approximate surface area is 86.6 Å². The summed E-state index contributed by atoms with van der Waals surface area (Å²) in [7, 11) is 2.00. The first kappa shape index (κ1) is 9.22. The second-order valence-electron chi connectivity index (χ2n) is 2.07. The molecule has 0 aromatic heterocycles. The van der Waals surface area contributed by atoms with E-state index >= 15 is 0 Å². The molecule has 11 heavy (non-hydrogen) atoms. The van der Waals surface area contributed by atoms with Gasteiger partial charge in [0.05, 0.1) is 0 Å². The molecule has 1 N–H and O–H groups in total. The van der Waals surface area contributed by atoms with Crippen LogP contribution in [0.3, 0.4) is 0 Å². The van der Waals surface area contributed by atoms with Crippen molar-refractivity contribution < 1.29 is 43.9 Å². The first-order valence-electron chi connectivity index (χ1n) is 2.87. The van der Waals surface area contributed by atoms with Crippen LogP contribution >= 0.6 is 0 Å². The Bertz CT molecular complexity index is 270. The van der Waals surface area contributed by atoms with E-state index in [1.54, 1.807) is 0 Å². The Morgan fingerprint density at radius 1 is 1.64 bits per heavy atom. The van der Waals surface area contributed by atoms with Gasteiger partial charge in [0.1, 0.15) is 0 Å². The predicted molar refractivity (Wildman–Crippen MR) is 36.1 cm³/mol. The predicted octanol–water partition coefficient (Wildman–Crippen LogP) is -0.328. The fraction of sp³-hybridized carbons (Fsp3) is 0.167. The van der Waals surface area contributed by atoms with Gasteiger partial charge < -0.3 is 0 Å². The summed E-state index contributed by atoms with van der Waals surface area (Å²) < 4.78 is 2.59. The molecule has 1 aliphatic heterocycles. The molecule has 0 atom stereocenters. The molecule has 0 amide bonds. The van der Waals surface area contributed by atoms with E-state index in [4.69, 9.17) is 5.21 Å². The van der Waals surface area contributed by atoms with Gasteiger partial charge in [0.2, 0.25) is 0 Å². The number of hydrogen-bond donors (Lipinski definition) is 1. The Hall–Kier alpha value is 0.127. The SMILES string of the molecule is CN1C=C(/C=N/O)[C](=[W])[C]1=[W]. The zero-order valence-corrected chi connectivity index (χ0v) is 11.7. The monoisotopic (exact) mass is 490 g/mol. The van der Waals surface area contributed by atoms with E-state index in [-0.39, 0.29) is 0 Å². The van der Waals surface area contributed by atoms with E-state index in [0.29, 0.717) is 0 Å². The molecule has 3 nitrogen and oxygen atoms in total. The Morgan fingerprint density at radius 2 is 2.27 bits per heavy atom. The summed E-state index contributed by atoms with van der Waals surface area (Å²) in [5.41, 5.74) is 1.02. The minimum atomic E-state index is 1.02. The second kappa shape index (κ2) is 3.69. The van der Waals surface area contributed by atoms with Gasteiger partial charge in [-0.3, -0.25) is 0 Å². The van der Waals surface area contributed by atoms with Gasteiger partial charge >= 0.3 is 86.9 Å². The zero-order valence-electron chi connectivity index (χ0n) is 5.81. The Morgan fingerprint density at radius 3 is 2.64 bits per heavy atom. The summed E-state index contributed by atoms with van der Waals surface area (Å²) in [5, 5.41) is 11.3. The van der Waals surface area contributed by atoms with Crippen molar-refractivity contribution in [2.75, 3.05) is 7.05 Å². The molecule has 0 unspecified atom stereocenters. The molecule has 1 aliphatic rings. The summed E-state index contributed by atoms with van der Waals surface area (Å²) in [4.78, 5) is 2.06. The molecule has 58 valence electrons. The van der Waals surface area contributed by atoms with E-state index in [1.807, 2.05) is 13.2 Å². The molecule has 0 radical (unpaired) electrons. The zero-order chi connectivity index (χ0) is 8.43. The van der Waals surface area contributed by atoms with E-state index in [9.17, 15) is 0 Å². The summed E-state index contributed by atoms with van der Waals surface area (Å²) in [6.07, 6.45) is 3.46. The van der Waals surface area contributed by atoms with Crippen LogP contribution in [0.1, 0.15) is 0 Å². The van der Waals surface area contributed by atoms with Crippen molar-refractivity contribution in [1.29, 1.82) is 0 Å². The van der Waals surface area contributed by atoms with Gasteiger partial charge in [-0.2, -0.15) is 0 Å². The van der Waals surface area contributed by atoms with Crippen LogP contribution in [0, 0.1) is 0 Å². The maximum atomic E-state index is 8.32. The first-order chi connectivity index (χ1) is 5.16. The van der Waals surface area contributed by atoms with Gasteiger partial charge in [-0.15, -0.1) is 0 Å². The van der Waals surface area contributed by atoms with Gasteiger partial charge in [-0.25, -0.2) is 0 Å². The fourth-order valence-electron chi connectivity index (χ4n) is 0.764. The normalized spacial score (nSPS) is 18.3. The number of hydrogen-bond acceptors (Lipinski definition) is 3.